The van der Waals surface area contributed by atoms with E-state index in [9.17, 15) is 8.78 Å². The van der Waals surface area contributed by atoms with Crippen LogP contribution in [0.1, 0.15) is 12.5 Å². The highest BCUT2D eigenvalue weighted by Crippen LogP contribution is 2.10. The Hall–Kier alpha value is -0.900. The molecule has 0 amide bonds. The molecule has 64 valence electrons. The monoisotopic (exact) mass is 187 g/mol. The van der Waals surface area contributed by atoms with Crippen LogP contribution in [-0.4, -0.2) is 5.71 Å². The van der Waals surface area contributed by atoms with Gasteiger partial charge in [-0.1, -0.05) is 0 Å². The molecule has 1 aromatic rings. The predicted octanol–water partition coefficient (Wildman–Crippen LogP) is 2.62. The van der Waals surface area contributed by atoms with E-state index in [0.717, 1.165) is 6.07 Å². The maximum Gasteiger partial charge on any atom is 0.135 e. The molecular formula is C8H7F2NS. The summed E-state index contributed by atoms with van der Waals surface area (Å²) in [5, 5.41) is 0. The molecule has 0 bridgehead atoms. The lowest BCUT2D eigenvalue weighted by Gasteiger charge is -2.00. The van der Waals surface area contributed by atoms with Crippen LogP contribution >= 0.6 is 12.8 Å². The summed E-state index contributed by atoms with van der Waals surface area (Å²) >= 11 is 3.63. The van der Waals surface area contributed by atoms with Gasteiger partial charge in [0.15, 0.2) is 0 Å². The van der Waals surface area contributed by atoms with Crippen LogP contribution in [0.2, 0.25) is 0 Å². The smallest absolute Gasteiger partial charge is 0.135 e. The maximum absolute atomic E-state index is 12.9. The van der Waals surface area contributed by atoms with Gasteiger partial charge in [0.25, 0.3) is 0 Å². The summed E-state index contributed by atoms with van der Waals surface area (Å²) < 4.78 is 28.8. The van der Waals surface area contributed by atoms with Crippen LogP contribution in [-0.2, 0) is 0 Å². The van der Waals surface area contributed by atoms with Crippen molar-refractivity contribution < 1.29 is 8.78 Å². The minimum Gasteiger partial charge on any atom is -0.224 e. The molecule has 1 nitrogen and oxygen atoms in total. The molecule has 0 N–H and O–H groups in total. The van der Waals surface area contributed by atoms with E-state index < -0.39 is 11.6 Å². The van der Waals surface area contributed by atoms with Gasteiger partial charge in [0.1, 0.15) is 11.6 Å². The first-order valence-electron chi connectivity index (χ1n) is 3.29. The molecule has 0 atom stereocenters. The Morgan fingerprint density at radius 2 is 2.08 bits per heavy atom. The number of nitrogens with zero attached hydrogens (tertiary/aromatic N) is 1. The van der Waals surface area contributed by atoms with Crippen molar-refractivity contribution in [2.45, 2.75) is 6.92 Å². The molecule has 4 heteroatoms. The first kappa shape index (κ1) is 9.19. The van der Waals surface area contributed by atoms with Gasteiger partial charge in [-0.3, -0.25) is 0 Å². The fourth-order valence-corrected chi connectivity index (χ4v) is 0.944. The first-order chi connectivity index (χ1) is 5.65. The molecule has 0 aliphatic heterocycles. The van der Waals surface area contributed by atoms with Crippen LogP contribution in [0.25, 0.3) is 0 Å². The fourth-order valence-electron chi connectivity index (χ4n) is 0.837. The third-order valence-electron chi connectivity index (χ3n) is 1.47. The lowest BCUT2D eigenvalue weighted by Crippen LogP contribution is -1.97. The van der Waals surface area contributed by atoms with Crippen molar-refractivity contribution in [3.8, 4) is 0 Å². The predicted molar refractivity (Wildman–Crippen MR) is 47.6 cm³/mol. The lowest BCUT2D eigenvalue weighted by molar-refractivity contribution is 0.582. The minimum atomic E-state index is -0.620. The number of thiol groups is 1. The zero-order chi connectivity index (χ0) is 9.14. The van der Waals surface area contributed by atoms with Gasteiger partial charge in [-0.2, -0.15) is 0 Å². The van der Waals surface area contributed by atoms with E-state index in [-0.39, 0.29) is 5.56 Å². The molecule has 0 saturated carbocycles. The summed E-state index contributed by atoms with van der Waals surface area (Å²) in [4.78, 5) is 0. The molecule has 1 rings (SSSR count). The molecular weight excluding hydrogens is 180 g/mol. The Morgan fingerprint density at radius 1 is 1.42 bits per heavy atom. The van der Waals surface area contributed by atoms with Crippen molar-refractivity contribution in [3.63, 3.8) is 0 Å². The van der Waals surface area contributed by atoms with Crippen molar-refractivity contribution in [1.82, 2.24) is 0 Å². The van der Waals surface area contributed by atoms with Crippen LogP contribution in [0.5, 0.6) is 0 Å². The highest BCUT2D eigenvalue weighted by atomic mass is 32.1. The molecule has 0 saturated heterocycles. The standard InChI is InChI=1S/C8H7F2NS/c1-5(11-12)7-3-2-6(9)4-8(7)10/h2-4,12H,1H3. The quantitative estimate of drug-likeness (QED) is 0.512. The number of benzene rings is 1. The summed E-state index contributed by atoms with van der Waals surface area (Å²) in [7, 11) is 0. The Labute approximate surface area is 74.7 Å². The van der Waals surface area contributed by atoms with Crippen LogP contribution < -0.4 is 0 Å². The van der Waals surface area contributed by atoms with E-state index >= 15 is 0 Å². The number of rotatable bonds is 1. The van der Waals surface area contributed by atoms with E-state index in [0.29, 0.717) is 5.71 Å². The lowest BCUT2D eigenvalue weighted by atomic mass is 10.1. The van der Waals surface area contributed by atoms with Crippen molar-refractivity contribution in [3.05, 3.63) is 35.4 Å². The molecule has 12 heavy (non-hydrogen) atoms. The van der Waals surface area contributed by atoms with Crippen LogP contribution in [0, 0.1) is 11.6 Å². The molecule has 0 heterocycles. The molecule has 1 aromatic carbocycles. The highest BCUT2D eigenvalue weighted by Gasteiger charge is 2.05. The zero-order valence-corrected chi connectivity index (χ0v) is 7.28. The summed E-state index contributed by atoms with van der Waals surface area (Å²) in [6.45, 7) is 1.60. The Kier molecular flexibility index (Phi) is 2.81. The van der Waals surface area contributed by atoms with Gasteiger partial charge in [0.2, 0.25) is 0 Å². The van der Waals surface area contributed by atoms with Crippen LogP contribution in [0.3, 0.4) is 0 Å². The summed E-state index contributed by atoms with van der Waals surface area (Å²) in [5.74, 6) is -1.21. The molecule has 0 radical (unpaired) electrons. The largest absolute Gasteiger partial charge is 0.224 e. The summed E-state index contributed by atoms with van der Waals surface area (Å²) in [6, 6.07) is 3.33. The second-order valence-electron chi connectivity index (χ2n) is 2.31. The Bertz CT molecular complexity index is 323. The average Bonchev–Trinajstić information content (AvgIpc) is 2.03. The van der Waals surface area contributed by atoms with E-state index in [4.69, 9.17) is 0 Å². The SMILES string of the molecule is CC(=NS)c1ccc(F)cc1F. The van der Waals surface area contributed by atoms with Crippen molar-refractivity contribution in [2.75, 3.05) is 0 Å². The average molecular weight is 187 g/mol. The molecule has 0 unspecified atom stereocenters. The highest BCUT2D eigenvalue weighted by molar-refractivity contribution is 7.79. The van der Waals surface area contributed by atoms with Crippen molar-refractivity contribution in [1.29, 1.82) is 0 Å². The maximum atomic E-state index is 12.9. The molecule has 0 aliphatic rings. The third-order valence-corrected chi connectivity index (χ3v) is 1.77. The fraction of sp³-hybridized carbons (Fsp3) is 0.125. The van der Waals surface area contributed by atoms with Gasteiger partial charge in [-0.25, -0.2) is 13.2 Å². The van der Waals surface area contributed by atoms with E-state index in [1.54, 1.807) is 6.92 Å². The second-order valence-corrected chi connectivity index (χ2v) is 2.51. The van der Waals surface area contributed by atoms with Crippen LogP contribution in [0.15, 0.2) is 22.6 Å². The number of hydrogen-bond donors (Lipinski definition) is 1. The van der Waals surface area contributed by atoms with Gasteiger partial charge < -0.3 is 0 Å². The molecule has 0 aromatic heterocycles. The summed E-state index contributed by atoms with van der Waals surface area (Å²) in [6.07, 6.45) is 0. The van der Waals surface area contributed by atoms with Gasteiger partial charge >= 0.3 is 0 Å². The Balaban J connectivity index is 3.18. The van der Waals surface area contributed by atoms with Crippen LogP contribution in [0.4, 0.5) is 8.78 Å². The van der Waals surface area contributed by atoms with Gasteiger partial charge in [-0.15, -0.1) is 0 Å². The minimum absolute atomic E-state index is 0.270. The van der Waals surface area contributed by atoms with Gasteiger partial charge in [-0.05, 0) is 31.9 Å². The Morgan fingerprint density at radius 3 is 2.58 bits per heavy atom. The van der Waals surface area contributed by atoms with E-state index in [1.807, 2.05) is 0 Å². The number of hydrogen-bond acceptors (Lipinski definition) is 2. The van der Waals surface area contributed by atoms with E-state index in [1.165, 1.54) is 12.1 Å². The van der Waals surface area contributed by atoms with Crippen molar-refractivity contribution >= 4 is 18.5 Å². The normalized spacial score (nSPS) is 11.8. The topological polar surface area (TPSA) is 12.4 Å². The molecule has 0 fully saturated rings. The molecule has 0 aliphatic carbocycles. The van der Waals surface area contributed by atoms with Gasteiger partial charge in [0, 0.05) is 11.6 Å². The van der Waals surface area contributed by atoms with Crippen molar-refractivity contribution in [2.24, 2.45) is 4.40 Å². The van der Waals surface area contributed by atoms with E-state index in [2.05, 4.69) is 17.2 Å². The summed E-state index contributed by atoms with van der Waals surface area (Å²) in [5.41, 5.74) is 0.697. The third kappa shape index (κ3) is 1.82. The zero-order valence-electron chi connectivity index (χ0n) is 6.38. The molecule has 0 spiro atoms. The second kappa shape index (κ2) is 3.67. The van der Waals surface area contributed by atoms with Gasteiger partial charge in [0.05, 0.1) is 5.71 Å². The number of halogens is 2. The first-order valence-corrected chi connectivity index (χ1v) is 3.69.